The maximum absolute atomic E-state index is 12.6. The Morgan fingerprint density at radius 1 is 1.26 bits per heavy atom. The lowest BCUT2D eigenvalue weighted by Crippen LogP contribution is -2.08. The molecule has 0 bridgehead atoms. The van der Waals surface area contributed by atoms with Gasteiger partial charge in [-0.1, -0.05) is 11.8 Å². The molecule has 0 atom stereocenters. The molecule has 0 saturated carbocycles. The minimum atomic E-state index is -4.47. The van der Waals surface area contributed by atoms with E-state index < -0.39 is 11.9 Å². The predicted molar refractivity (Wildman–Crippen MR) is 79.8 cm³/mol. The summed E-state index contributed by atoms with van der Waals surface area (Å²) < 4.78 is 39.6. The van der Waals surface area contributed by atoms with Gasteiger partial charge < -0.3 is 0 Å². The zero-order chi connectivity index (χ0) is 16.6. The lowest BCUT2D eigenvalue weighted by Gasteiger charge is -2.06. The molecular weight excluding hydrogens is 327 g/mol. The SMILES string of the molecule is Cc1nn(C)c2ncc(CSc3nccc(C(F)(F)F)n3)cc12. The zero-order valence-electron chi connectivity index (χ0n) is 12.3. The van der Waals surface area contributed by atoms with Crippen molar-refractivity contribution in [3.05, 3.63) is 41.5 Å². The van der Waals surface area contributed by atoms with Gasteiger partial charge in [0, 0.05) is 30.6 Å². The highest BCUT2D eigenvalue weighted by atomic mass is 32.2. The highest BCUT2D eigenvalue weighted by Gasteiger charge is 2.32. The van der Waals surface area contributed by atoms with Crippen LogP contribution in [-0.2, 0) is 19.0 Å². The maximum atomic E-state index is 12.6. The topological polar surface area (TPSA) is 56.5 Å². The van der Waals surface area contributed by atoms with Gasteiger partial charge in [-0.3, -0.25) is 4.68 Å². The number of aromatic nitrogens is 5. The minimum absolute atomic E-state index is 0.0860. The van der Waals surface area contributed by atoms with Crippen molar-refractivity contribution in [2.24, 2.45) is 7.05 Å². The molecule has 3 heterocycles. The number of hydrogen-bond donors (Lipinski definition) is 0. The van der Waals surface area contributed by atoms with Crippen molar-refractivity contribution in [1.29, 1.82) is 0 Å². The smallest absolute Gasteiger partial charge is 0.250 e. The van der Waals surface area contributed by atoms with Gasteiger partial charge in [0.05, 0.1) is 5.69 Å². The van der Waals surface area contributed by atoms with Gasteiger partial charge in [-0.25, -0.2) is 15.0 Å². The van der Waals surface area contributed by atoms with E-state index in [1.807, 2.05) is 20.0 Å². The van der Waals surface area contributed by atoms with E-state index in [4.69, 9.17) is 0 Å². The van der Waals surface area contributed by atoms with Crippen molar-refractivity contribution in [2.75, 3.05) is 0 Å². The Bertz CT molecular complexity index is 859. The highest BCUT2D eigenvalue weighted by molar-refractivity contribution is 7.98. The molecule has 3 aromatic rings. The van der Waals surface area contributed by atoms with E-state index in [2.05, 4.69) is 20.1 Å². The van der Waals surface area contributed by atoms with Crippen LogP contribution in [0.25, 0.3) is 11.0 Å². The molecule has 0 unspecified atom stereocenters. The average Bonchev–Trinajstić information content (AvgIpc) is 2.79. The second-order valence-corrected chi connectivity index (χ2v) is 5.88. The van der Waals surface area contributed by atoms with Gasteiger partial charge in [0.2, 0.25) is 0 Å². The first-order valence-electron chi connectivity index (χ1n) is 6.66. The van der Waals surface area contributed by atoms with Crippen molar-refractivity contribution in [1.82, 2.24) is 24.7 Å². The Hall–Kier alpha value is -2.16. The maximum Gasteiger partial charge on any atom is 0.433 e. The Morgan fingerprint density at radius 2 is 2.04 bits per heavy atom. The van der Waals surface area contributed by atoms with Crippen LogP contribution in [-0.4, -0.2) is 24.7 Å². The third kappa shape index (κ3) is 3.29. The lowest BCUT2D eigenvalue weighted by molar-refractivity contribution is -0.141. The van der Waals surface area contributed by atoms with Crippen LogP contribution in [0.3, 0.4) is 0 Å². The first-order valence-corrected chi connectivity index (χ1v) is 7.64. The molecular formula is C14H12F3N5S. The van der Waals surface area contributed by atoms with Gasteiger partial charge >= 0.3 is 6.18 Å². The molecule has 0 aromatic carbocycles. The van der Waals surface area contributed by atoms with Crippen LogP contribution >= 0.6 is 11.8 Å². The van der Waals surface area contributed by atoms with Gasteiger partial charge in [0.25, 0.3) is 0 Å². The molecule has 0 fully saturated rings. The fraction of sp³-hybridized carbons (Fsp3) is 0.286. The van der Waals surface area contributed by atoms with Crippen molar-refractivity contribution < 1.29 is 13.2 Å². The first-order chi connectivity index (χ1) is 10.8. The number of alkyl halides is 3. The van der Waals surface area contributed by atoms with Crippen molar-refractivity contribution in [2.45, 2.75) is 24.0 Å². The van der Waals surface area contributed by atoms with Gasteiger partial charge in [0.15, 0.2) is 10.8 Å². The second-order valence-electron chi connectivity index (χ2n) is 4.93. The third-order valence-electron chi connectivity index (χ3n) is 3.21. The molecule has 3 rings (SSSR count). The number of thioether (sulfide) groups is 1. The van der Waals surface area contributed by atoms with Crippen molar-refractivity contribution in [3.63, 3.8) is 0 Å². The molecule has 0 aliphatic carbocycles. The van der Waals surface area contributed by atoms with Gasteiger partial charge in [-0.15, -0.1) is 0 Å². The van der Waals surface area contributed by atoms with E-state index >= 15 is 0 Å². The van der Waals surface area contributed by atoms with E-state index in [1.165, 1.54) is 0 Å². The van der Waals surface area contributed by atoms with Gasteiger partial charge in [-0.05, 0) is 24.6 Å². The number of hydrogen-bond acceptors (Lipinski definition) is 5. The number of halogens is 3. The molecule has 3 aromatic heterocycles. The normalized spacial score (nSPS) is 12.0. The summed E-state index contributed by atoms with van der Waals surface area (Å²) in [5.74, 6) is 0.429. The Labute approximate surface area is 134 Å². The Morgan fingerprint density at radius 3 is 2.78 bits per heavy atom. The molecule has 0 saturated heterocycles. The second kappa shape index (κ2) is 5.80. The van der Waals surface area contributed by atoms with E-state index in [1.54, 1.807) is 10.9 Å². The highest BCUT2D eigenvalue weighted by Crippen LogP contribution is 2.29. The van der Waals surface area contributed by atoms with E-state index in [0.29, 0.717) is 5.75 Å². The van der Waals surface area contributed by atoms with Crippen LogP contribution in [0.5, 0.6) is 0 Å². The van der Waals surface area contributed by atoms with Crippen LogP contribution in [0.15, 0.2) is 29.7 Å². The number of aryl methyl sites for hydroxylation is 2. The van der Waals surface area contributed by atoms with Crippen LogP contribution in [0.4, 0.5) is 13.2 Å². The van der Waals surface area contributed by atoms with Crippen LogP contribution in [0, 0.1) is 6.92 Å². The van der Waals surface area contributed by atoms with Crippen LogP contribution in [0.2, 0.25) is 0 Å². The molecule has 0 N–H and O–H groups in total. The number of nitrogens with zero attached hydrogens (tertiary/aromatic N) is 5. The summed E-state index contributed by atoms with van der Waals surface area (Å²) >= 11 is 1.14. The molecule has 5 nitrogen and oxygen atoms in total. The number of pyridine rings is 1. The molecule has 120 valence electrons. The fourth-order valence-electron chi connectivity index (χ4n) is 2.15. The molecule has 0 aliphatic rings. The molecule has 23 heavy (non-hydrogen) atoms. The number of rotatable bonds is 3. The summed E-state index contributed by atoms with van der Waals surface area (Å²) in [5.41, 5.74) is 1.56. The summed E-state index contributed by atoms with van der Waals surface area (Å²) in [4.78, 5) is 11.7. The standard InChI is InChI=1S/C14H12F3N5S/c1-8-10-5-9(6-19-12(10)22(2)21-8)7-23-13-18-4-3-11(20-13)14(15,16)17/h3-6H,7H2,1-2H3. The minimum Gasteiger partial charge on any atom is -0.250 e. The summed E-state index contributed by atoms with van der Waals surface area (Å²) in [6.45, 7) is 1.89. The molecule has 0 radical (unpaired) electrons. The van der Waals surface area contributed by atoms with Crippen molar-refractivity contribution in [3.8, 4) is 0 Å². The van der Waals surface area contributed by atoms with Crippen LogP contribution in [0.1, 0.15) is 17.0 Å². The molecule has 0 amide bonds. The Balaban J connectivity index is 1.80. The van der Waals surface area contributed by atoms with E-state index in [9.17, 15) is 13.2 Å². The average molecular weight is 339 g/mol. The lowest BCUT2D eigenvalue weighted by atomic mass is 10.2. The van der Waals surface area contributed by atoms with E-state index in [-0.39, 0.29) is 5.16 Å². The Kier molecular flexibility index (Phi) is 3.97. The fourth-order valence-corrected chi connectivity index (χ4v) is 2.90. The summed E-state index contributed by atoms with van der Waals surface area (Å²) in [7, 11) is 1.81. The molecule has 0 aliphatic heterocycles. The molecule has 9 heteroatoms. The largest absolute Gasteiger partial charge is 0.433 e. The molecule has 0 spiro atoms. The van der Waals surface area contributed by atoms with Gasteiger partial charge in [0.1, 0.15) is 5.69 Å². The summed E-state index contributed by atoms with van der Waals surface area (Å²) in [6.07, 6.45) is -1.67. The van der Waals surface area contributed by atoms with Crippen LogP contribution < -0.4 is 0 Å². The predicted octanol–water partition coefficient (Wildman–Crippen LogP) is 3.38. The summed E-state index contributed by atoms with van der Waals surface area (Å²) in [6, 6.07) is 2.79. The van der Waals surface area contributed by atoms with Gasteiger partial charge in [-0.2, -0.15) is 18.3 Å². The third-order valence-corrected chi connectivity index (χ3v) is 4.14. The monoisotopic (exact) mass is 339 g/mol. The summed E-state index contributed by atoms with van der Waals surface area (Å²) in [5, 5.41) is 5.30. The quantitative estimate of drug-likeness (QED) is 0.541. The van der Waals surface area contributed by atoms with E-state index in [0.717, 1.165) is 46.3 Å². The zero-order valence-corrected chi connectivity index (χ0v) is 13.1. The van der Waals surface area contributed by atoms with Crippen molar-refractivity contribution >= 4 is 22.8 Å². The first kappa shape index (κ1) is 15.7. The number of fused-ring (bicyclic) bond motifs is 1.